The number of nitrogens with zero attached hydrogens (tertiary/aromatic N) is 2. The van der Waals surface area contributed by atoms with Crippen LogP contribution < -0.4 is 10.2 Å². The van der Waals surface area contributed by atoms with E-state index in [0.717, 1.165) is 74.6 Å². The summed E-state index contributed by atoms with van der Waals surface area (Å²) in [6.45, 7) is 14.9. The summed E-state index contributed by atoms with van der Waals surface area (Å²) in [4.78, 5) is 26.6. The number of carbonyl (C=O) groups excluding carboxylic acids is 2. The molecule has 0 saturated heterocycles. The number of carbonyl (C=O) groups is 2. The minimum absolute atomic E-state index is 0. The molecule has 2 aromatic rings. The maximum absolute atomic E-state index is 10.7. The Morgan fingerprint density at radius 2 is 1.05 bits per heavy atom. The second-order valence-electron chi connectivity index (χ2n) is 10.5. The van der Waals surface area contributed by atoms with Crippen LogP contribution in [0.1, 0.15) is 126 Å². The number of unbranched alkanes of at least 4 members (excludes halogenated alkanes) is 2. The Bertz CT molecular complexity index is 1060. The zero-order chi connectivity index (χ0) is 31.5. The fourth-order valence-corrected chi connectivity index (χ4v) is 3.94. The summed E-state index contributed by atoms with van der Waals surface area (Å²) in [6, 6.07) is 8.29. The number of phenols is 2. The molecule has 0 aromatic heterocycles. The predicted octanol–water partition coefficient (Wildman–Crippen LogP) is 5.04. The van der Waals surface area contributed by atoms with Gasteiger partial charge in [0, 0.05) is 35.5 Å². The van der Waals surface area contributed by atoms with Crippen molar-refractivity contribution in [3.8, 4) is 11.5 Å². The third kappa shape index (κ3) is 16.9. The van der Waals surface area contributed by atoms with E-state index in [1.807, 2.05) is 12.1 Å². The van der Waals surface area contributed by atoms with E-state index in [1.54, 1.807) is 12.4 Å². The number of phenolic OH excluding ortho intramolecular Hbond substituents is 2. The van der Waals surface area contributed by atoms with Crippen molar-refractivity contribution in [3.05, 3.63) is 57.6 Å². The molecule has 42 heavy (non-hydrogen) atoms. The molecule has 0 heterocycles. The van der Waals surface area contributed by atoms with E-state index >= 15 is 0 Å². The molecule has 0 spiro atoms. The van der Waals surface area contributed by atoms with Crippen LogP contribution in [0.15, 0.2) is 34.3 Å². The number of rotatable bonds is 12. The molecule has 9 heteroatoms. The van der Waals surface area contributed by atoms with Crippen LogP contribution in [0, 0.1) is 0 Å². The molecule has 0 amide bonds. The molecule has 2 rings (SSSR count). The van der Waals surface area contributed by atoms with E-state index in [9.17, 15) is 10.2 Å². The van der Waals surface area contributed by atoms with Crippen molar-refractivity contribution in [2.45, 2.75) is 106 Å². The number of hydrogen-bond acceptors (Lipinski definition) is 8. The molecule has 8 nitrogen and oxygen atoms in total. The number of hydrogen-bond donors (Lipinski definition) is 2. The summed E-state index contributed by atoms with van der Waals surface area (Å²) in [7, 11) is 0. The molecule has 0 atom stereocenters. The van der Waals surface area contributed by atoms with Crippen molar-refractivity contribution in [1.82, 2.24) is 0 Å². The number of carboxylic acid groups (broad SMARTS) is 2. The first-order chi connectivity index (χ1) is 19.2. The van der Waals surface area contributed by atoms with Gasteiger partial charge in [0.25, 0.3) is 0 Å². The van der Waals surface area contributed by atoms with Crippen LogP contribution >= 0.6 is 0 Å². The summed E-state index contributed by atoms with van der Waals surface area (Å²) in [5.41, 5.74) is 5.88. The Balaban J connectivity index is 0. The molecule has 0 bridgehead atoms. The Morgan fingerprint density at radius 3 is 1.31 bits per heavy atom. The molecule has 0 fully saturated rings. The third-order valence-electron chi connectivity index (χ3n) is 5.96. The summed E-state index contributed by atoms with van der Waals surface area (Å²) in [5, 5.41) is 39.2. The van der Waals surface area contributed by atoms with Gasteiger partial charge in [-0.25, -0.2) is 0 Å². The minimum Gasteiger partial charge on any atom is -0.550 e. The van der Waals surface area contributed by atoms with Crippen molar-refractivity contribution in [3.63, 3.8) is 0 Å². The van der Waals surface area contributed by atoms with E-state index in [1.165, 1.54) is 11.1 Å². The molecule has 0 saturated carbocycles. The quantitative estimate of drug-likeness (QED) is 0.316. The third-order valence-corrected chi connectivity index (χ3v) is 5.96. The molecule has 1 radical (unpaired) electrons. The fourth-order valence-electron chi connectivity index (χ4n) is 3.94. The maximum atomic E-state index is 10.7. The van der Waals surface area contributed by atoms with Gasteiger partial charge in [-0.3, -0.25) is 9.98 Å². The molecule has 0 aliphatic carbocycles. The van der Waals surface area contributed by atoms with Gasteiger partial charge >= 0.3 is 16.8 Å². The first-order valence-electron chi connectivity index (χ1n) is 14.3. The van der Waals surface area contributed by atoms with Crippen molar-refractivity contribution >= 4 is 24.4 Å². The van der Waals surface area contributed by atoms with Crippen molar-refractivity contribution in [1.29, 1.82) is 0 Å². The Morgan fingerprint density at radius 1 is 0.738 bits per heavy atom. The number of carboxylic acids is 2. The summed E-state index contributed by atoms with van der Waals surface area (Å²) in [6.07, 6.45) is 9.96. The van der Waals surface area contributed by atoms with Gasteiger partial charge in [0.05, 0.1) is 0 Å². The van der Waals surface area contributed by atoms with Crippen LogP contribution in [0.25, 0.3) is 0 Å². The average Bonchev–Trinajstić information content (AvgIpc) is 2.87. The van der Waals surface area contributed by atoms with Crippen molar-refractivity contribution < 1.29 is 46.8 Å². The van der Waals surface area contributed by atoms with Crippen LogP contribution in [0.2, 0.25) is 0 Å². The molecule has 0 aliphatic heterocycles. The zero-order valence-corrected chi connectivity index (χ0v) is 27.4. The molecular weight excluding hydrogens is 579 g/mol. The fraction of sp³-hybridized carbons (Fsp3) is 0.515. The first-order valence-corrected chi connectivity index (χ1v) is 14.3. The van der Waals surface area contributed by atoms with E-state index < -0.39 is 11.9 Å². The minimum atomic E-state index is -1.08. The Hall–Kier alpha value is -3.17. The van der Waals surface area contributed by atoms with Gasteiger partial charge in [-0.05, 0) is 85.8 Å². The first kappa shape index (κ1) is 41.0. The second-order valence-corrected chi connectivity index (χ2v) is 10.5. The van der Waals surface area contributed by atoms with Gasteiger partial charge in [-0.15, -0.1) is 0 Å². The van der Waals surface area contributed by atoms with Crippen LogP contribution in [0.4, 0.5) is 0 Å². The normalized spacial score (nSPS) is 10.7. The van der Waals surface area contributed by atoms with Crippen LogP contribution in [-0.4, -0.2) is 41.2 Å². The number of aliphatic carboxylic acids is 2. The Labute approximate surface area is 262 Å². The van der Waals surface area contributed by atoms with E-state index in [-0.39, 0.29) is 35.3 Å². The van der Waals surface area contributed by atoms with Crippen LogP contribution in [0.3, 0.4) is 0 Å². The summed E-state index contributed by atoms with van der Waals surface area (Å²) < 4.78 is 0. The van der Waals surface area contributed by atoms with Crippen molar-refractivity contribution in [2.75, 3.05) is 6.67 Å². The number of benzene rings is 2. The zero-order valence-electron chi connectivity index (χ0n) is 26.3. The van der Waals surface area contributed by atoms with Gasteiger partial charge in [-0.2, -0.15) is 0 Å². The molecule has 0 aliphatic rings. The van der Waals surface area contributed by atoms with Crippen LogP contribution in [0.5, 0.6) is 11.5 Å². The molecule has 2 aromatic carbocycles. The van der Waals surface area contributed by atoms with Gasteiger partial charge in [0.15, 0.2) is 0 Å². The second kappa shape index (κ2) is 22.4. The van der Waals surface area contributed by atoms with E-state index in [2.05, 4.69) is 63.7 Å². The number of aromatic hydroxyl groups is 2. The van der Waals surface area contributed by atoms with Gasteiger partial charge in [0.1, 0.15) is 18.2 Å². The topological polar surface area (TPSA) is 145 Å². The number of aryl methyl sites for hydroxylation is 2. The van der Waals surface area contributed by atoms with Crippen LogP contribution in [-0.2, 0) is 39.2 Å². The SMILES string of the molecule is CC(=O)[O-].CC(=O)[O-].CCCCc1cc(C=NCN=Cc2cc(CCCC)cc(C(C)C)c2O)c(O)c(C(C)C)c1.[Co+2]. The van der Waals surface area contributed by atoms with Gasteiger partial charge < -0.3 is 30.0 Å². The molecular formula is C33H48CoN2O6. The average molecular weight is 628 g/mol. The van der Waals surface area contributed by atoms with E-state index in [0.29, 0.717) is 11.5 Å². The van der Waals surface area contributed by atoms with Crippen molar-refractivity contribution in [2.24, 2.45) is 9.98 Å². The summed E-state index contributed by atoms with van der Waals surface area (Å²) >= 11 is 0. The smallest absolute Gasteiger partial charge is 0.550 e. The predicted molar refractivity (Wildman–Crippen MR) is 163 cm³/mol. The summed E-state index contributed by atoms with van der Waals surface area (Å²) in [5.74, 6) is -1.06. The van der Waals surface area contributed by atoms with Gasteiger partial charge in [0.2, 0.25) is 0 Å². The standard InChI is InChI=1S/C29H42N2O2.2C2H4O2.Co/c1-7-9-11-22-13-24(28(32)26(15-22)20(3)4)17-30-19-31-18-25-14-23(12-10-8-2)16-27(21(5)6)29(25)33;2*1-2(3)4;/h13-18,20-21,32-33H,7-12,19H2,1-6H3;2*1H3,(H,3,4);/q;;;+2/p-2. The number of aliphatic imine (C=N–C) groups is 2. The molecule has 235 valence electrons. The maximum Gasteiger partial charge on any atom is 2.00 e. The monoisotopic (exact) mass is 627 g/mol. The molecule has 0 unspecified atom stereocenters. The molecule has 2 N–H and O–H groups in total. The largest absolute Gasteiger partial charge is 2.00 e. The Kier molecular flexibility index (Phi) is 21.9. The van der Waals surface area contributed by atoms with E-state index in [4.69, 9.17) is 19.8 Å². The van der Waals surface area contributed by atoms with Gasteiger partial charge in [-0.1, -0.05) is 66.5 Å².